The van der Waals surface area contributed by atoms with E-state index >= 15 is 0 Å². The summed E-state index contributed by atoms with van der Waals surface area (Å²) >= 11 is 6.22. The first-order chi connectivity index (χ1) is 13.4. The number of hydrogen-bond acceptors (Lipinski definition) is 7. The molecular weight excluding hydrogens is 406 g/mol. The van der Waals surface area contributed by atoms with Gasteiger partial charge in [0.05, 0.1) is 35.2 Å². The largest absolute Gasteiger partial charge is 0.382 e. The van der Waals surface area contributed by atoms with Gasteiger partial charge in [-0.25, -0.2) is 8.42 Å². The summed E-state index contributed by atoms with van der Waals surface area (Å²) in [5, 5.41) is 1.24. The van der Waals surface area contributed by atoms with E-state index < -0.39 is 22.1 Å². The third-order valence-corrected chi connectivity index (χ3v) is 7.01. The lowest BCUT2D eigenvalue weighted by atomic mass is 10.0. The molecule has 10 heteroatoms. The maximum Gasteiger partial charge on any atom is 0.245 e. The van der Waals surface area contributed by atoms with Crippen molar-refractivity contribution in [3.8, 4) is 0 Å². The molecule has 3 rings (SSSR count). The van der Waals surface area contributed by atoms with Crippen molar-refractivity contribution in [2.45, 2.75) is 17.5 Å². The van der Waals surface area contributed by atoms with Gasteiger partial charge in [0.25, 0.3) is 0 Å². The number of halogens is 1. The number of fused-ring (bicyclic) bond motifs is 1. The third-order valence-electron chi connectivity index (χ3n) is 4.78. The van der Waals surface area contributed by atoms with Gasteiger partial charge >= 0.3 is 0 Å². The van der Waals surface area contributed by atoms with E-state index in [0.29, 0.717) is 23.8 Å². The number of aromatic nitrogens is 1. The van der Waals surface area contributed by atoms with Crippen LogP contribution in [0.2, 0.25) is 5.02 Å². The van der Waals surface area contributed by atoms with E-state index in [1.807, 2.05) is 0 Å². The molecule has 152 valence electrons. The number of Topliss-reactive ketones (excluding diaryl/α,β-unsaturated/α-hetero) is 1. The van der Waals surface area contributed by atoms with Crippen LogP contribution in [0, 0.1) is 5.92 Å². The van der Waals surface area contributed by atoms with Gasteiger partial charge in [0, 0.05) is 36.8 Å². The Labute approximate surface area is 168 Å². The molecular formula is C18H22ClN3O5S. The quantitative estimate of drug-likeness (QED) is 0.634. The number of ether oxygens (including phenoxy) is 2. The fraction of sp³-hybridized carbons (Fsp3) is 0.444. The van der Waals surface area contributed by atoms with Crippen LogP contribution in [0.4, 0.5) is 0 Å². The van der Waals surface area contributed by atoms with Crippen molar-refractivity contribution in [3.05, 3.63) is 35.6 Å². The van der Waals surface area contributed by atoms with Gasteiger partial charge < -0.3 is 15.2 Å². The van der Waals surface area contributed by atoms with E-state index in [4.69, 9.17) is 26.8 Å². The number of nitrogens with zero attached hydrogens (tertiary/aromatic N) is 2. The molecule has 1 aromatic carbocycles. The number of ketones is 1. The van der Waals surface area contributed by atoms with Gasteiger partial charge in [-0.05, 0) is 12.5 Å². The number of hydrogen-bond donors (Lipinski definition) is 1. The van der Waals surface area contributed by atoms with Crippen LogP contribution in [0.5, 0.6) is 0 Å². The molecule has 8 nitrogen and oxygen atoms in total. The number of carbonyl (C=O) groups excluding carboxylic acids is 1. The Morgan fingerprint density at radius 2 is 2.14 bits per heavy atom. The number of methoxy groups -OCH3 is 1. The summed E-state index contributed by atoms with van der Waals surface area (Å²) in [5.74, 6) is -0.842. The van der Waals surface area contributed by atoms with E-state index in [1.165, 1.54) is 19.4 Å². The van der Waals surface area contributed by atoms with Crippen LogP contribution in [0.25, 0.3) is 10.8 Å². The van der Waals surface area contributed by atoms with Crippen LogP contribution in [0.15, 0.2) is 35.5 Å². The first kappa shape index (κ1) is 21.1. The molecule has 0 bridgehead atoms. The number of carbonyl (C=O) groups is 1. The molecule has 1 saturated heterocycles. The van der Waals surface area contributed by atoms with Gasteiger partial charge in [0.1, 0.15) is 6.61 Å². The van der Waals surface area contributed by atoms with Crippen molar-refractivity contribution < 1.29 is 22.7 Å². The molecule has 0 spiro atoms. The zero-order valence-corrected chi connectivity index (χ0v) is 16.9. The van der Waals surface area contributed by atoms with Crippen LogP contribution in [0.1, 0.15) is 6.42 Å². The van der Waals surface area contributed by atoms with Crippen molar-refractivity contribution in [3.63, 3.8) is 0 Å². The van der Waals surface area contributed by atoms with E-state index in [2.05, 4.69) is 4.98 Å². The molecule has 2 atom stereocenters. The van der Waals surface area contributed by atoms with Crippen molar-refractivity contribution >= 4 is 38.2 Å². The van der Waals surface area contributed by atoms with Gasteiger partial charge in [-0.2, -0.15) is 4.31 Å². The fourth-order valence-corrected chi connectivity index (χ4v) is 5.47. The van der Waals surface area contributed by atoms with Gasteiger partial charge in [0.15, 0.2) is 5.78 Å². The minimum absolute atomic E-state index is 0.0530. The molecule has 1 fully saturated rings. The SMILES string of the molecule is COCCOCC(=O)C1CCN(S(=O)(=O)c2cccc3cncc(Cl)c23)[C@@H]1N. The minimum Gasteiger partial charge on any atom is -0.382 e. The zero-order valence-electron chi connectivity index (χ0n) is 15.4. The Bertz CT molecular complexity index is 964. The van der Waals surface area contributed by atoms with Gasteiger partial charge in [-0.15, -0.1) is 0 Å². The molecule has 0 saturated carbocycles. The lowest BCUT2D eigenvalue weighted by Gasteiger charge is -2.24. The van der Waals surface area contributed by atoms with Crippen LogP contribution in [-0.4, -0.2) is 63.1 Å². The Morgan fingerprint density at radius 3 is 2.89 bits per heavy atom. The molecule has 1 aliphatic heterocycles. The van der Waals surface area contributed by atoms with Crippen molar-refractivity contribution in [2.24, 2.45) is 11.7 Å². The van der Waals surface area contributed by atoms with Crippen LogP contribution >= 0.6 is 11.6 Å². The summed E-state index contributed by atoms with van der Waals surface area (Å²) in [7, 11) is -2.41. The Morgan fingerprint density at radius 1 is 1.36 bits per heavy atom. The highest BCUT2D eigenvalue weighted by Gasteiger charge is 2.43. The van der Waals surface area contributed by atoms with Gasteiger partial charge in [-0.3, -0.25) is 9.78 Å². The topological polar surface area (TPSA) is 112 Å². The van der Waals surface area contributed by atoms with E-state index in [1.54, 1.807) is 18.3 Å². The monoisotopic (exact) mass is 427 g/mol. The summed E-state index contributed by atoms with van der Waals surface area (Å²) in [6, 6.07) is 4.85. The maximum atomic E-state index is 13.3. The molecule has 1 aromatic heterocycles. The predicted molar refractivity (Wildman–Crippen MR) is 104 cm³/mol. The minimum atomic E-state index is -3.95. The highest BCUT2D eigenvalue weighted by molar-refractivity contribution is 7.89. The summed E-state index contributed by atoms with van der Waals surface area (Å²) in [6.07, 6.45) is 2.33. The smallest absolute Gasteiger partial charge is 0.245 e. The third kappa shape index (κ3) is 4.05. The number of nitrogens with two attached hydrogens (primary N) is 1. The Balaban J connectivity index is 1.83. The summed E-state index contributed by atoms with van der Waals surface area (Å²) in [6.45, 7) is 0.689. The van der Waals surface area contributed by atoms with E-state index in [0.717, 1.165) is 4.31 Å². The first-order valence-corrected chi connectivity index (χ1v) is 10.6. The molecule has 2 heterocycles. The highest BCUT2D eigenvalue weighted by Crippen LogP contribution is 2.34. The zero-order chi connectivity index (χ0) is 20.3. The second-order valence-electron chi connectivity index (χ2n) is 6.49. The van der Waals surface area contributed by atoms with Crippen LogP contribution in [0.3, 0.4) is 0 Å². The first-order valence-electron chi connectivity index (χ1n) is 8.77. The average Bonchev–Trinajstić information content (AvgIpc) is 3.07. The highest BCUT2D eigenvalue weighted by atomic mass is 35.5. The number of benzene rings is 1. The van der Waals surface area contributed by atoms with Crippen molar-refractivity contribution in [1.82, 2.24) is 9.29 Å². The summed E-state index contributed by atoms with van der Waals surface area (Å²) in [5.41, 5.74) is 6.16. The number of rotatable bonds is 8. The van der Waals surface area contributed by atoms with E-state index in [9.17, 15) is 13.2 Å². The maximum absolute atomic E-state index is 13.3. The normalized spacial score (nSPS) is 20.7. The van der Waals surface area contributed by atoms with Gasteiger partial charge in [0.2, 0.25) is 10.0 Å². The fourth-order valence-electron chi connectivity index (χ4n) is 3.34. The van der Waals surface area contributed by atoms with Gasteiger partial charge in [-0.1, -0.05) is 23.7 Å². The lowest BCUT2D eigenvalue weighted by Crippen LogP contribution is -2.46. The molecule has 2 aromatic rings. The molecule has 1 aliphatic rings. The van der Waals surface area contributed by atoms with Crippen molar-refractivity contribution in [1.29, 1.82) is 0 Å². The molecule has 0 radical (unpaired) electrons. The Kier molecular flexibility index (Phi) is 6.64. The van der Waals surface area contributed by atoms with E-state index in [-0.39, 0.29) is 35.5 Å². The summed E-state index contributed by atoms with van der Waals surface area (Å²) in [4.78, 5) is 16.4. The van der Waals surface area contributed by atoms with Crippen LogP contribution in [-0.2, 0) is 24.3 Å². The summed E-state index contributed by atoms with van der Waals surface area (Å²) < 4.78 is 37.9. The Hall–Kier alpha value is -1.62. The standard InChI is InChI=1S/C18H22ClN3O5S/c1-26-7-8-27-11-15(23)13-5-6-22(18(13)20)28(24,25)16-4-2-3-12-9-21-10-14(19)17(12)16/h2-4,9-10,13,18H,5-8,11,20H2,1H3/t13?,18-/m0/s1. The molecule has 28 heavy (non-hydrogen) atoms. The molecule has 0 amide bonds. The molecule has 1 unspecified atom stereocenters. The van der Waals surface area contributed by atoms with Crippen LogP contribution < -0.4 is 5.73 Å². The second-order valence-corrected chi connectivity index (χ2v) is 8.75. The predicted octanol–water partition coefficient (Wildman–Crippen LogP) is 1.42. The average molecular weight is 428 g/mol. The molecule has 2 N–H and O–H groups in total. The van der Waals surface area contributed by atoms with Crippen molar-refractivity contribution in [2.75, 3.05) is 33.5 Å². The molecule has 0 aliphatic carbocycles. The number of sulfonamides is 1. The second kappa shape index (κ2) is 8.81. The number of pyridine rings is 1. The lowest BCUT2D eigenvalue weighted by molar-refractivity contribution is -0.128.